The molecule has 7 heteroatoms. The van der Waals surface area contributed by atoms with Crippen molar-refractivity contribution in [3.8, 4) is 16.9 Å². The number of likely N-dealkylation sites (tertiary alicyclic amines) is 1. The number of aromatic nitrogens is 2. The Morgan fingerprint density at radius 1 is 0.944 bits per heavy atom. The molecular formula is C29H35N5O2. The van der Waals surface area contributed by atoms with Gasteiger partial charge in [-0.15, -0.1) is 0 Å². The number of carbonyl (C=O) groups is 2. The molecule has 188 valence electrons. The predicted octanol–water partition coefficient (Wildman–Crippen LogP) is 3.79. The van der Waals surface area contributed by atoms with Crippen molar-refractivity contribution in [1.29, 1.82) is 0 Å². The van der Waals surface area contributed by atoms with Crippen LogP contribution in [0.5, 0.6) is 0 Å². The van der Waals surface area contributed by atoms with E-state index in [9.17, 15) is 9.59 Å². The molecule has 2 fully saturated rings. The summed E-state index contributed by atoms with van der Waals surface area (Å²) in [5, 5.41) is 4.89. The van der Waals surface area contributed by atoms with Gasteiger partial charge in [-0.3, -0.25) is 14.5 Å². The van der Waals surface area contributed by atoms with Gasteiger partial charge in [0.25, 0.3) is 5.91 Å². The maximum atomic E-state index is 13.8. The summed E-state index contributed by atoms with van der Waals surface area (Å²) in [7, 11) is 2.02. The number of hydrogen-bond acceptors (Lipinski definition) is 4. The third kappa shape index (κ3) is 4.67. The van der Waals surface area contributed by atoms with Gasteiger partial charge in [-0.2, -0.15) is 5.10 Å². The number of nitrogens with zero attached hydrogens (tertiary/aromatic N) is 5. The number of aryl methyl sites for hydroxylation is 2. The maximum absolute atomic E-state index is 13.8. The van der Waals surface area contributed by atoms with Crippen LogP contribution in [0.2, 0.25) is 0 Å². The first-order valence-corrected chi connectivity index (χ1v) is 13.0. The topological polar surface area (TPSA) is 61.7 Å². The van der Waals surface area contributed by atoms with E-state index in [1.807, 2.05) is 58.9 Å². The summed E-state index contributed by atoms with van der Waals surface area (Å²) in [4.78, 5) is 32.7. The summed E-state index contributed by atoms with van der Waals surface area (Å²) in [6, 6.07) is 16.3. The zero-order chi connectivity index (χ0) is 25.2. The summed E-state index contributed by atoms with van der Waals surface area (Å²) < 4.78 is 1.82. The summed E-state index contributed by atoms with van der Waals surface area (Å²) in [5.41, 5.74) is 5.52. The molecule has 0 bridgehead atoms. The minimum atomic E-state index is -0.0329. The molecule has 0 aliphatic carbocycles. The summed E-state index contributed by atoms with van der Waals surface area (Å²) in [5.74, 6) is 0.167. The van der Waals surface area contributed by atoms with Crippen molar-refractivity contribution in [1.82, 2.24) is 24.5 Å². The van der Waals surface area contributed by atoms with Crippen LogP contribution in [0.1, 0.15) is 41.3 Å². The average molecular weight is 486 g/mol. The second-order valence-electron chi connectivity index (χ2n) is 9.93. The fourth-order valence-corrected chi connectivity index (χ4v) is 5.32. The molecule has 0 spiro atoms. The van der Waals surface area contributed by atoms with E-state index in [1.165, 1.54) is 5.56 Å². The van der Waals surface area contributed by atoms with E-state index in [-0.39, 0.29) is 17.9 Å². The van der Waals surface area contributed by atoms with Gasteiger partial charge in [0.05, 0.1) is 17.3 Å². The van der Waals surface area contributed by atoms with E-state index in [0.717, 1.165) is 42.6 Å². The molecule has 3 aromatic rings. The second kappa shape index (κ2) is 10.3. The standard InChI is InChI=1S/C29H35N5O2/c1-4-22-11-13-23(14-12-22)27-24(20-34(30-27)25-9-6-5-8-21(25)2)28(35)32-16-18-33(19-17-32)29(36)26-10-7-15-31(26)3/h5-6,8-9,11-14,20,26H,4,7,10,15-19H2,1-3H3. The van der Waals surface area contributed by atoms with Crippen LogP contribution in [0.3, 0.4) is 0 Å². The fraction of sp³-hybridized carbons (Fsp3) is 0.414. The summed E-state index contributed by atoms with van der Waals surface area (Å²) in [6.07, 6.45) is 4.81. The molecule has 1 unspecified atom stereocenters. The molecule has 2 saturated heterocycles. The SMILES string of the molecule is CCc1ccc(-c2nn(-c3ccccc3C)cc2C(=O)N2CCN(C(=O)C3CCCN3C)CC2)cc1. The number of likely N-dealkylation sites (N-methyl/N-ethyl adjacent to an activating group) is 1. The Hall–Kier alpha value is -3.45. The average Bonchev–Trinajstić information content (AvgIpc) is 3.55. The Labute approximate surface area is 213 Å². The van der Waals surface area contributed by atoms with E-state index < -0.39 is 0 Å². The van der Waals surface area contributed by atoms with Crippen LogP contribution in [0.4, 0.5) is 0 Å². The zero-order valence-corrected chi connectivity index (χ0v) is 21.5. The van der Waals surface area contributed by atoms with Crippen LogP contribution < -0.4 is 0 Å². The number of para-hydroxylation sites is 1. The van der Waals surface area contributed by atoms with Crippen molar-refractivity contribution in [2.75, 3.05) is 39.8 Å². The lowest BCUT2D eigenvalue weighted by Gasteiger charge is -2.36. The fourth-order valence-electron chi connectivity index (χ4n) is 5.32. The van der Waals surface area contributed by atoms with Gasteiger partial charge in [0.2, 0.25) is 5.91 Å². The molecule has 1 atom stereocenters. The van der Waals surface area contributed by atoms with Crippen molar-refractivity contribution in [2.24, 2.45) is 0 Å². The summed E-state index contributed by atoms with van der Waals surface area (Å²) >= 11 is 0. The van der Waals surface area contributed by atoms with Gasteiger partial charge < -0.3 is 9.80 Å². The highest BCUT2D eigenvalue weighted by Gasteiger charge is 2.34. The maximum Gasteiger partial charge on any atom is 0.257 e. The molecular weight excluding hydrogens is 450 g/mol. The number of carbonyl (C=O) groups excluding carboxylic acids is 2. The molecule has 0 radical (unpaired) electrons. The normalized spacial score (nSPS) is 18.6. The summed E-state index contributed by atoms with van der Waals surface area (Å²) in [6.45, 7) is 7.36. The molecule has 2 aliphatic heterocycles. The van der Waals surface area contributed by atoms with Gasteiger partial charge in [0.15, 0.2) is 0 Å². The number of benzene rings is 2. The Kier molecular flexibility index (Phi) is 6.92. The van der Waals surface area contributed by atoms with Crippen molar-refractivity contribution in [3.63, 3.8) is 0 Å². The Bertz CT molecular complexity index is 1240. The lowest BCUT2D eigenvalue weighted by molar-refractivity contribution is -0.137. The van der Waals surface area contributed by atoms with Gasteiger partial charge in [-0.05, 0) is 57.0 Å². The molecule has 2 amide bonds. The quantitative estimate of drug-likeness (QED) is 0.552. The minimum Gasteiger partial charge on any atom is -0.338 e. The van der Waals surface area contributed by atoms with Crippen LogP contribution in [-0.4, -0.2) is 82.1 Å². The van der Waals surface area contributed by atoms with Crippen LogP contribution in [0.25, 0.3) is 16.9 Å². The van der Waals surface area contributed by atoms with Crippen LogP contribution >= 0.6 is 0 Å². The number of piperazine rings is 1. The smallest absolute Gasteiger partial charge is 0.257 e. The lowest BCUT2D eigenvalue weighted by atomic mass is 10.0. The molecule has 0 saturated carbocycles. The van der Waals surface area contributed by atoms with E-state index in [1.54, 1.807) is 0 Å². The third-order valence-corrected chi connectivity index (χ3v) is 7.63. The highest BCUT2D eigenvalue weighted by molar-refractivity contribution is 6.00. The van der Waals surface area contributed by atoms with Crippen molar-refractivity contribution in [2.45, 2.75) is 39.2 Å². The molecule has 3 heterocycles. The Morgan fingerprint density at radius 2 is 1.64 bits per heavy atom. The molecule has 2 aliphatic rings. The van der Waals surface area contributed by atoms with E-state index in [4.69, 9.17) is 5.10 Å². The first-order valence-electron chi connectivity index (χ1n) is 13.0. The molecule has 7 nitrogen and oxygen atoms in total. The molecule has 0 N–H and O–H groups in total. The number of rotatable bonds is 5. The third-order valence-electron chi connectivity index (χ3n) is 7.63. The van der Waals surface area contributed by atoms with Crippen LogP contribution in [-0.2, 0) is 11.2 Å². The van der Waals surface area contributed by atoms with Crippen molar-refractivity contribution < 1.29 is 9.59 Å². The molecule has 2 aromatic carbocycles. The highest BCUT2D eigenvalue weighted by Crippen LogP contribution is 2.27. The predicted molar refractivity (Wildman–Crippen MR) is 141 cm³/mol. The van der Waals surface area contributed by atoms with E-state index in [2.05, 4.69) is 36.1 Å². The highest BCUT2D eigenvalue weighted by atomic mass is 16.2. The monoisotopic (exact) mass is 485 g/mol. The molecule has 1 aromatic heterocycles. The van der Waals surface area contributed by atoms with Gasteiger partial charge in [0.1, 0.15) is 5.69 Å². The van der Waals surface area contributed by atoms with E-state index >= 15 is 0 Å². The van der Waals surface area contributed by atoms with Crippen molar-refractivity contribution >= 4 is 11.8 Å². The Balaban J connectivity index is 1.40. The first-order chi connectivity index (χ1) is 17.5. The van der Waals surface area contributed by atoms with Crippen molar-refractivity contribution in [3.05, 3.63) is 71.4 Å². The van der Waals surface area contributed by atoms with Gasteiger partial charge in [0, 0.05) is 37.9 Å². The lowest BCUT2D eigenvalue weighted by Crippen LogP contribution is -2.54. The zero-order valence-electron chi connectivity index (χ0n) is 21.5. The minimum absolute atomic E-state index is 0.0164. The van der Waals surface area contributed by atoms with Crippen LogP contribution in [0, 0.1) is 6.92 Å². The number of hydrogen-bond donors (Lipinski definition) is 0. The molecule has 5 rings (SSSR count). The van der Waals surface area contributed by atoms with Gasteiger partial charge in [-0.1, -0.05) is 49.4 Å². The molecule has 36 heavy (non-hydrogen) atoms. The van der Waals surface area contributed by atoms with E-state index in [0.29, 0.717) is 37.4 Å². The first kappa shape index (κ1) is 24.3. The van der Waals surface area contributed by atoms with Crippen LogP contribution in [0.15, 0.2) is 54.7 Å². The van der Waals surface area contributed by atoms with Gasteiger partial charge in [-0.25, -0.2) is 4.68 Å². The number of amides is 2. The largest absolute Gasteiger partial charge is 0.338 e. The Morgan fingerprint density at radius 3 is 2.28 bits per heavy atom. The van der Waals surface area contributed by atoms with Gasteiger partial charge >= 0.3 is 0 Å². The second-order valence-corrected chi connectivity index (χ2v) is 9.93.